The van der Waals surface area contributed by atoms with Crippen LogP contribution in [-0.4, -0.2) is 11.9 Å². The van der Waals surface area contributed by atoms with Gasteiger partial charge in [-0.1, -0.05) is 26.0 Å². The maximum absolute atomic E-state index is 12.4. The van der Waals surface area contributed by atoms with Gasteiger partial charge in [-0.05, 0) is 42.4 Å². The SMILES string of the molecule is CC1(C)CCC(NC(=O)Cc2ccc(C(F)(F)F)cc2)C1. The van der Waals surface area contributed by atoms with Gasteiger partial charge in [0.05, 0.1) is 12.0 Å². The zero-order chi connectivity index (χ0) is 15.7. The first-order chi connectivity index (χ1) is 9.66. The molecule has 1 aromatic rings. The molecule has 21 heavy (non-hydrogen) atoms. The molecule has 0 bridgehead atoms. The Hall–Kier alpha value is -1.52. The van der Waals surface area contributed by atoms with E-state index in [1.54, 1.807) is 0 Å². The summed E-state index contributed by atoms with van der Waals surface area (Å²) < 4.78 is 37.3. The van der Waals surface area contributed by atoms with Gasteiger partial charge in [-0.25, -0.2) is 0 Å². The summed E-state index contributed by atoms with van der Waals surface area (Å²) in [5, 5.41) is 2.97. The molecule has 0 radical (unpaired) electrons. The molecule has 1 amide bonds. The normalized spacial score (nSPS) is 21.3. The highest BCUT2D eigenvalue weighted by atomic mass is 19.4. The Kier molecular flexibility index (Phi) is 4.30. The molecule has 0 aliphatic heterocycles. The zero-order valence-electron chi connectivity index (χ0n) is 12.3. The first-order valence-electron chi connectivity index (χ1n) is 7.11. The Morgan fingerprint density at radius 3 is 2.38 bits per heavy atom. The lowest BCUT2D eigenvalue weighted by Gasteiger charge is -2.18. The summed E-state index contributed by atoms with van der Waals surface area (Å²) in [6, 6.07) is 4.94. The maximum Gasteiger partial charge on any atom is 0.416 e. The van der Waals surface area contributed by atoms with Gasteiger partial charge in [-0.3, -0.25) is 4.79 Å². The van der Waals surface area contributed by atoms with E-state index in [1.165, 1.54) is 12.1 Å². The van der Waals surface area contributed by atoms with Gasteiger partial charge in [0.15, 0.2) is 0 Å². The average molecular weight is 299 g/mol. The molecule has 0 heterocycles. The third-order valence-electron chi connectivity index (χ3n) is 3.98. The minimum absolute atomic E-state index is 0.120. The third-order valence-corrected chi connectivity index (χ3v) is 3.98. The largest absolute Gasteiger partial charge is 0.416 e. The predicted molar refractivity (Wildman–Crippen MR) is 74.7 cm³/mol. The van der Waals surface area contributed by atoms with E-state index in [2.05, 4.69) is 19.2 Å². The monoisotopic (exact) mass is 299 g/mol. The van der Waals surface area contributed by atoms with Crippen LogP contribution < -0.4 is 5.32 Å². The molecule has 1 aliphatic carbocycles. The van der Waals surface area contributed by atoms with E-state index in [4.69, 9.17) is 0 Å². The van der Waals surface area contributed by atoms with Crippen LogP contribution in [-0.2, 0) is 17.4 Å². The fourth-order valence-electron chi connectivity index (χ4n) is 2.83. The number of carbonyl (C=O) groups excluding carboxylic acids is 1. The summed E-state index contributed by atoms with van der Waals surface area (Å²) in [6.45, 7) is 4.35. The van der Waals surface area contributed by atoms with Crippen LogP contribution in [0.2, 0.25) is 0 Å². The molecule has 0 spiro atoms. The first kappa shape index (κ1) is 15.9. The quantitative estimate of drug-likeness (QED) is 0.900. The molecule has 1 saturated carbocycles. The molecule has 0 saturated heterocycles. The topological polar surface area (TPSA) is 29.1 Å². The number of benzene rings is 1. The van der Waals surface area contributed by atoms with Crippen LogP contribution in [0.15, 0.2) is 24.3 Å². The third kappa shape index (κ3) is 4.48. The van der Waals surface area contributed by atoms with Crippen LogP contribution in [0.1, 0.15) is 44.2 Å². The van der Waals surface area contributed by atoms with Crippen molar-refractivity contribution in [3.05, 3.63) is 35.4 Å². The van der Waals surface area contributed by atoms with Crippen LogP contribution in [0.25, 0.3) is 0 Å². The molecule has 1 aliphatic rings. The second kappa shape index (κ2) is 5.70. The molecular formula is C16H20F3NO. The molecule has 5 heteroatoms. The van der Waals surface area contributed by atoms with Crippen LogP contribution >= 0.6 is 0 Å². The first-order valence-corrected chi connectivity index (χ1v) is 7.11. The molecule has 2 rings (SSSR count). The van der Waals surface area contributed by atoms with Crippen molar-refractivity contribution in [3.63, 3.8) is 0 Å². The van der Waals surface area contributed by atoms with E-state index in [-0.39, 0.29) is 23.8 Å². The molecule has 1 N–H and O–H groups in total. The van der Waals surface area contributed by atoms with Gasteiger partial charge in [0.2, 0.25) is 5.91 Å². The van der Waals surface area contributed by atoms with Crippen molar-refractivity contribution in [2.75, 3.05) is 0 Å². The summed E-state index contributed by atoms with van der Waals surface area (Å²) in [7, 11) is 0. The van der Waals surface area contributed by atoms with Gasteiger partial charge < -0.3 is 5.32 Å². The minimum atomic E-state index is -4.34. The molecule has 1 aromatic carbocycles. The fourth-order valence-corrected chi connectivity index (χ4v) is 2.83. The van der Waals surface area contributed by atoms with Crippen molar-refractivity contribution < 1.29 is 18.0 Å². The molecule has 2 nitrogen and oxygen atoms in total. The van der Waals surface area contributed by atoms with E-state index >= 15 is 0 Å². The van der Waals surface area contributed by atoms with Gasteiger partial charge in [0.1, 0.15) is 0 Å². The van der Waals surface area contributed by atoms with Crippen LogP contribution in [0.5, 0.6) is 0 Å². The Morgan fingerprint density at radius 2 is 1.90 bits per heavy atom. The standard InChI is InChI=1S/C16H20F3NO/c1-15(2)8-7-13(10-15)20-14(21)9-11-3-5-12(6-4-11)16(17,18)19/h3-6,13H,7-10H2,1-2H3,(H,20,21). The van der Waals surface area contributed by atoms with Crippen LogP contribution in [0.3, 0.4) is 0 Å². The molecule has 0 aromatic heterocycles. The Morgan fingerprint density at radius 1 is 1.29 bits per heavy atom. The zero-order valence-corrected chi connectivity index (χ0v) is 12.3. The lowest BCUT2D eigenvalue weighted by molar-refractivity contribution is -0.137. The lowest BCUT2D eigenvalue weighted by Crippen LogP contribution is -2.34. The fraction of sp³-hybridized carbons (Fsp3) is 0.562. The number of nitrogens with one attached hydrogen (secondary N) is 1. The van der Waals surface area contributed by atoms with Gasteiger partial charge in [-0.2, -0.15) is 13.2 Å². The van der Waals surface area contributed by atoms with Gasteiger partial charge in [-0.15, -0.1) is 0 Å². The number of halogens is 3. The van der Waals surface area contributed by atoms with Gasteiger partial charge in [0, 0.05) is 6.04 Å². The number of hydrogen-bond acceptors (Lipinski definition) is 1. The Balaban J connectivity index is 1.88. The van der Waals surface area contributed by atoms with E-state index in [1.807, 2.05) is 0 Å². The van der Waals surface area contributed by atoms with Crippen molar-refractivity contribution in [3.8, 4) is 0 Å². The highest BCUT2D eigenvalue weighted by molar-refractivity contribution is 5.78. The van der Waals surface area contributed by atoms with Crippen molar-refractivity contribution in [1.82, 2.24) is 5.32 Å². The van der Waals surface area contributed by atoms with Gasteiger partial charge >= 0.3 is 6.18 Å². The molecule has 1 atom stereocenters. The smallest absolute Gasteiger partial charge is 0.353 e. The van der Waals surface area contributed by atoms with Crippen molar-refractivity contribution in [2.24, 2.45) is 5.41 Å². The Labute approximate surface area is 122 Å². The highest BCUT2D eigenvalue weighted by Crippen LogP contribution is 2.36. The maximum atomic E-state index is 12.4. The molecule has 1 fully saturated rings. The van der Waals surface area contributed by atoms with Crippen molar-refractivity contribution in [1.29, 1.82) is 0 Å². The predicted octanol–water partition coefficient (Wildman–Crippen LogP) is 3.94. The number of hydrogen-bond donors (Lipinski definition) is 1. The molecular weight excluding hydrogens is 279 g/mol. The Bertz CT molecular complexity index is 505. The van der Waals surface area contributed by atoms with E-state index in [0.29, 0.717) is 5.56 Å². The summed E-state index contributed by atoms with van der Waals surface area (Å²) in [5.74, 6) is -0.127. The van der Waals surface area contributed by atoms with E-state index in [9.17, 15) is 18.0 Å². The van der Waals surface area contributed by atoms with Crippen LogP contribution in [0, 0.1) is 5.41 Å². The van der Waals surface area contributed by atoms with E-state index < -0.39 is 11.7 Å². The number of alkyl halides is 3. The van der Waals surface area contributed by atoms with Crippen LogP contribution in [0.4, 0.5) is 13.2 Å². The number of carbonyl (C=O) groups is 1. The summed E-state index contributed by atoms with van der Waals surface area (Å²) in [6.07, 6.45) is -1.22. The number of rotatable bonds is 3. The highest BCUT2D eigenvalue weighted by Gasteiger charge is 2.32. The molecule has 116 valence electrons. The second-order valence-electron chi connectivity index (χ2n) is 6.54. The van der Waals surface area contributed by atoms with Crippen molar-refractivity contribution >= 4 is 5.91 Å². The lowest BCUT2D eigenvalue weighted by atomic mass is 9.92. The summed E-state index contributed by atoms with van der Waals surface area (Å²) >= 11 is 0. The molecule has 1 unspecified atom stereocenters. The second-order valence-corrected chi connectivity index (χ2v) is 6.54. The van der Waals surface area contributed by atoms with E-state index in [0.717, 1.165) is 31.4 Å². The average Bonchev–Trinajstić information content (AvgIpc) is 2.68. The summed E-state index contributed by atoms with van der Waals surface area (Å²) in [5.41, 5.74) is 0.161. The minimum Gasteiger partial charge on any atom is -0.353 e. The van der Waals surface area contributed by atoms with Gasteiger partial charge in [0.25, 0.3) is 0 Å². The number of amides is 1. The van der Waals surface area contributed by atoms with Crippen molar-refractivity contribution in [2.45, 2.75) is 51.7 Å². The summed E-state index contributed by atoms with van der Waals surface area (Å²) in [4.78, 5) is 11.9.